The highest BCUT2D eigenvalue weighted by atomic mass is 35.5. The lowest BCUT2D eigenvalue weighted by atomic mass is 10.2. The molecule has 0 N–H and O–H groups in total. The zero-order chi connectivity index (χ0) is 19.8. The second-order valence-electron chi connectivity index (χ2n) is 6.53. The average Bonchev–Trinajstić information content (AvgIpc) is 3.31. The maximum Gasteiger partial charge on any atom is 0.332 e. The van der Waals surface area contributed by atoms with Crippen molar-refractivity contribution in [3.63, 3.8) is 0 Å². The predicted molar refractivity (Wildman–Crippen MR) is 107 cm³/mol. The number of hydrogen-bond acceptors (Lipinski definition) is 4. The van der Waals surface area contributed by atoms with Crippen molar-refractivity contribution in [3.8, 4) is 0 Å². The van der Waals surface area contributed by atoms with Gasteiger partial charge < -0.3 is 4.42 Å². The summed E-state index contributed by atoms with van der Waals surface area (Å²) in [7, 11) is 0. The van der Waals surface area contributed by atoms with Gasteiger partial charge in [0.25, 0.3) is 5.56 Å². The van der Waals surface area contributed by atoms with E-state index in [9.17, 15) is 9.59 Å². The van der Waals surface area contributed by atoms with Gasteiger partial charge in [-0.1, -0.05) is 29.8 Å². The maximum absolute atomic E-state index is 13.3. The monoisotopic (exact) mass is 398 g/mol. The third-order valence-corrected chi connectivity index (χ3v) is 5.12. The molecule has 7 nitrogen and oxygen atoms in total. The molecule has 4 rings (SSSR count). The van der Waals surface area contributed by atoms with E-state index in [1.54, 1.807) is 34.4 Å². The molecule has 0 radical (unpaired) electrons. The summed E-state index contributed by atoms with van der Waals surface area (Å²) in [6, 6.07) is 10.8. The summed E-state index contributed by atoms with van der Waals surface area (Å²) in [4.78, 5) is 26.5. The molecule has 0 unspecified atom stereocenters. The number of benzene rings is 1. The van der Waals surface area contributed by atoms with Gasteiger partial charge >= 0.3 is 5.69 Å². The van der Waals surface area contributed by atoms with Gasteiger partial charge in [0.1, 0.15) is 5.76 Å². The lowest BCUT2D eigenvalue weighted by molar-refractivity contribution is 0.478. The SMILES string of the molecule is CCn1nc(C)c2c1c(=O)n(Cc1ccco1)c(=O)n2Cc1ccccc1Cl. The van der Waals surface area contributed by atoms with Crippen LogP contribution < -0.4 is 11.2 Å². The fraction of sp³-hybridized carbons (Fsp3) is 0.250. The van der Waals surface area contributed by atoms with Gasteiger partial charge in [0.15, 0.2) is 5.52 Å². The van der Waals surface area contributed by atoms with Crippen LogP contribution in [0, 0.1) is 6.92 Å². The Morgan fingerprint density at radius 3 is 2.50 bits per heavy atom. The Labute approximate surface area is 165 Å². The highest BCUT2D eigenvalue weighted by Gasteiger charge is 2.21. The second-order valence-corrected chi connectivity index (χ2v) is 6.94. The van der Waals surface area contributed by atoms with Crippen molar-refractivity contribution < 1.29 is 4.42 Å². The smallest absolute Gasteiger partial charge is 0.332 e. The molecule has 0 fully saturated rings. The minimum Gasteiger partial charge on any atom is -0.467 e. The molecule has 0 saturated heterocycles. The number of aryl methyl sites for hydroxylation is 2. The van der Waals surface area contributed by atoms with Gasteiger partial charge in [-0.3, -0.25) is 18.6 Å². The lowest BCUT2D eigenvalue weighted by Crippen LogP contribution is -2.41. The zero-order valence-corrected chi connectivity index (χ0v) is 16.3. The van der Waals surface area contributed by atoms with E-state index in [2.05, 4.69) is 5.10 Å². The van der Waals surface area contributed by atoms with Gasteiger partial charge in [0.05, 0.1) is 30.6 Å². The molecule has 0 bridgehead atoms. The zero-order valence-electron chi connectivity index (χ0n) is 15.6. The van der Waals surface area contributed by atoms with Crippen LogP contribution in [0.25, 0.3) is 11.0 Å². The predicted octanol–water partition coefficient (Wildman–Crippen LogP) is 3.03. The first kappa shape index (κ1) is 18.3. The maximum atomic E-state index is 13.3. The Morgan fingerprint density at radius 1 is 1.04 bits per heavy atom. The fourth-order valence-electron chi connectivity index (χ4n) is 3.43. The van der Waals surface area contributed by atoms with Gasteiger partial charge in [0.2, 0.25) is 0 Å². The summed E-state index contributed by atoms with van der Waals surface area (Å²) in [5.74, 6) is 0.530. The van der Waals surface area contributed by atoms with E-state index in [1.807, 2.05) is 25.1 Å². The lowest BCUT2D eigenvalue weighted by Gasteiger charge is -2.13. The molecule has 3 aromatic heterocycles. The first-order valence-electron chi connectivity index (χ1n) is 8.97. The fourth-order valence-corrected chi connectivity index (χ4v) is 3.63. The molecular formula is C20H19ClN4O3. The number of fused-ring (bicyclic) bond motifs is 1. The molecule has 0 amide bonds. The highest BCUT2D eigenvalue weighted by molar-refractivity contribution is 6.31. The summed E-state index contributed by atoms with van der Waals surface area (Å²) in [5.41, 5.74) is 1.55. The Bertz CT molecular complexity index is 1270. The Balaban J connectivity index is 2.01. The minimum atomic E-state index is -0.424. The number of furan rings is 1. The average molecular weight is 399 g/mol. The molecular weight excluding hydrogens is 380 g/mol. The van der Waals surface area contributed by atoms with Crippen LogP contribution in [0.2, 0.25) is 5.02 Å². The van der Waals surface area contributed by atoms with Gasteiger partial charge in [0, 0.05) is 11.6 Å². The molecule has 144 valence electrons. The van der Waals surface area contributed by atoms with E-state index in [4.69, 9.17) is 16.0 Å². The number of halogens is 1. The summed E-state index contributed by atoms with van der Waals surface area (Å²) in [6.45, 7) is 4.52. The van der Waals surface area contributed by atoms with Crippen LogP contribution in [-0.4, -0.2) is 18.9 Å². The number of aromatic nitrogens is 4. The van der Waals surface area contributed by atoms with Crippen LogP contribution in [0.1, 0.15) is 23.9 Å². The molecule has 3 heterocycles. The largest absolute Gasteiger partial charge is 0.467 e. The number of hydrogen-bond donors (Lipinski definition) is 0. The molecule has 0 saturated carbocycles. The molecule has 28 heavy (non-hydrogen) atoms. The topological polar surface area (TPSA) is 75.0 Å². The van der Waals surface area contributed by atoms with Crippen LogP contribution in [0.15, 0.2) is 56.7 Å². The van der Waals surface area contributed by atoms with E-state index in [1.165, 1.54) is 10.8 Å². The van der Waals surface area contributed by atoms with Crippen molar-refractivity contribution in [1.82, 2.24) is 18.9 Å². The molecule has 0 spiro atoms. The Hall–Kier alpha value is -3.06. The summed E-state index contributed by atoms with van der Waals surface area (Å²) >= 11 is 6.32. The first-order chi connectivity index (χ1) is 13.5. The normalized spacial score (nSPS) is 11.4. The standard InChI is InChI=1S/C20H19ClN4O3/c1-3-25-18-17(13(2)22-25)23(11-14-7-4-5-9-16(14)21)20(27)24(19(18)26)12-15-8-6-10-28-15/h4-10H,3,11-12H2,1-2H3. The number of nitrogens with zero attached hydrogens (tertiary/aromatic N) is 4. The summed E-state index contributed by atoms with van der Waals surface area (Å²) in [5, 5.41) is 5.02. The van der Waals surface area contributed by atoms with Crippen LogP contribution in [0.3, 0.4) is 0 Å². The van der Waals surface area contributed by atoms with Gasteiger partial charge in [-0.15, -0.1) is 0 Å². The van der Waals surface area contributed by atoms with E-state index in [0.29, 0.717) is 34.1 Å². The van der Waals surface area contributed by atoms with Crippen molar-refractivity contribution in [1.29, 1.82) is 0 Å². The van der Waals surface area contributed by atoms with Crippen molar-refractivity contribution in [2.24, 2.45) is 0 Å². The van der Waals surface area contributed by atoms with Crippen LogP contribution >= 0.6 is 11.6 Å². The van der Waals surface area contributed by atoms with Crippen LogP contribution in [0.4, 0.5) is 0 Å². The molecule has 0 aliphatic carbocycles. The molecule has 4 aromatic rings. The second kappa shape index (κ2) is 7.16. The Morgan fingerprint density at radius 2 is 1.82 bits per heavy atom. The van der Waals surface area contributed by atoms with Crippen molar-refractivity contribution in [3.05, 3.63) is 85.5 Å². The van der Waals surface area contributed by atoms with E-state index >= 15 is 0 Å². The van der Waals surface area contributed by atoms with Crippen molar-refractivity contribution in [2.45, 2.75) is 33.5 Å². The minimum absolute atomic E-state index is 0.0526. The Kier molecular flexibility index (Phi) is 4.68. The van der Waals surface area contributed by atoms with Gasteiger partial charge in [-0.25, -0.2) is 4.79 Å². The molecule has 8 heteroatoms. The van der Waals surface area contributed by atoms with Crippen LogP contribution in [0.5, 0.6) is 0 Å². The van der Waals surface area contributed by atoms with Crippen molar-refractivity contribution in [2.75, 3.05) is 0 Å². The van der Waals surface area contributed by atoms with Crippen LogP contribution in [-0.2, 0) is 19.6 Å². The summed E-state index contributed by atoms with van der Waals surface area (Å²) < 4.78 is 9.73. The number of rotatable bonds is 5. The molecule has 0 aliphatic heterocycles. The van der Waals surface area contributed by atoms with Crippen molar-refractivity contribution >= 4 is 22.6 Å². The van der Waals surface area contributed by atoms with Gasteiger partial charge in [-0.05, 0) is 37.6 Å². The first-order valence-corrected chi connectivity index (χ1v) is 9.35. The van der Waals surface area contributed by atoms with E-state index in [-0.39, 0.29) is 18.6 Å². The molecule has 0 atom stereocenters. The van der Waals surface area contributed by atoms with Gasteiger partial charge in [-0.2, -0.15) is 5.10 Å². The van der Waals surface area contributed by atoms with E-state index in [0.717, 1.165) is 5.56 Å². The molecule has 0 aliphatic rings. The third-order valence-electron chi connectivity index (χ3n) is 4.76. The third kappa shape index (κ3) is 2.97. The highest BCUT2D eigenvalue weighted by Crippen LogP contribution is 2.19. The molecule has 1 aromatic carbocycles. The summed E-state index contributed by atoms with van der Waals surface area (Å²) in [6.07, 6.45) is 1.52. The van der Waals surface area contributed by atoms with E-state index < -0.39 is 5.69 Å². The quantitative estimate of drug-likeness (QED) is 0.518.